The molecule has 3 heterocycles. The monoisotopic (exact) mass is 412 g/mol. The average molecular weight is 412 g/mol. The van der Waals surface area contributed by atoms with Crippen molar-refractivity contribution >= 4 is 17.7 Å². The van der Waals surface area contributed by atoms with E-state index in [2.05, 4.69) is 16.7 Å². The topological polar surface area (TPSA) is 114 Å². The van der Waals surface area contributed by atoms with Crippen LogP contribution in [0.5, 0.6) is 0 Å². The summed E-state index contributed by atoms with van der Waals surface area (Å²) in [5, 5.41) is 6.06. The van der Waals surface area contributed by atoms with Gasteiger partial charge in [0.25, 0.3) is 5.91 Å². The van der Waals surface area contributed by atoms with Gasteiger partial charge >= 0.3 is 0 Å². The minimum Gasteiger partial charge on any atom is -0.381 e. The van der Waals surface area contributed by atoms with Gasteiger partial charge in [0.2, 0.25) is 11.8 Å². The van der Waals surface area contributed by atoms with E-state index in [0.717, 1.165) is 43.7 Å². The first-order valence-electron chi connectivity index (χ1n) is 10.8. The lowest BCUT2D eigenvalue weighted by atomic mass is 9.73. The Morgan fingerprint density at radius 2 is 1.93 bits per heavy atom. The molecule has 5 rings (SSSR count). The molecule has 0 aromatic heterocycles. The first-order chi connectivity index (χ1) is 14.5. The van der Waals surface area contributed by atoms with Crippen molar-refractivity contribution in [3.8, 4) is 0 Å². The fourth-order valence-corrected chi connectivity index (χ4v) is 5.57. The van der Waals surface area contributed by atoms with Crippen LogP contribution in [-0.2, 0) is 27.4 Å². The number of hydrogen-bond acceptors (Lipinski definition) is 6. The number of ether oxygens (including phenoxy) is 1. The van der Waals surface area contributed by atoms with Gasteiger partial charge in [-0.3, -0.25) is 19.7 Å². The standard InChI is InChI=1S/C22H28N4O4/c23-16-6-14-10-30-11-15(7-16)20(14)24-8-12-1-2-17-13(5-12)9-26(22(17)29)18-3-4-19(27)25-21(18)28/h1-2,5,14-16,18,20,24H,3-4,6-11,23H2,(H,25,27,28). The normalized spacial score (nSPS) is 33.4. The molecule has 1 aliphatic carbocycles. The zero-order valence-corrected chi connectivity index (χ0v) is 16.9. The van der Waals surface area contributed by atoms with Crippen molar-refractivity contribution < 1.29 is 19.1 Å². The van der Waals surface area contributed by atoms with Gasteiger partial charge in [0, 0.05) is 37.2 Å². The number of nitrogens with zero attached hydrogens (tertiary/aromatic N) is 1. The molecule has 3 amide bonds. The molecule has 1 aromatic carbocycles. The van der Waals surface area contributed by atoms with Crippen LogP contribution < -0.4 is 16.4 Å². The zero-order valence-electron chi connectivity index (χ0n) is 16.9. The molecule has 3 unspecified atom stereocenters. The maximum absolute atomic E-state index is 12.8. The quantitative estimate of drug-likeness (QED) is 0.613. The number of piperidine rings is 1. The molecule has 2 saturated heterocycles. The fourth-order valence-electron chi connectivity index (χ4n) is 5.57. The Morgan fingerprint density at radius 1 is 1.17 bits per heavy atom. The molecule has 3 aliphatic heterocycles. The molecule has 4 aliphatic rings. The molecule has 1 saturated carbocycles. The Kier molecular flexibility index (Phi) is 5.08. The van der Waals surface area contributed by atoms with Crippen LogP contribution in [0, 0.1) is 11.8 Å². The molecule has 3 fully saturated rings. The highest BCUT2D eigenvalue weighted by atomic mass is 16.5. The van der Waals surface area contributed by atoms with Crippen molar-refractivity contribution in [1.29, 1.82) is 0 Å². The maximum Gasteiger partial charge on any atom is 0.255 e. The number of nitrogens with two attached hydrogens (primary N) is 1. The van der Waals surface area contributed by atoms with Gasteiger partial charge in [0.05, 0.1) is 13.2 Å². The highest BCUT2D eigenvalue weighted by Gasteiger charge is 2.40. The van der Waals surface area contributed by atoms with Crippen molar-refractivity contribution in [2.45, 2.75) is 56.9 Å². The van der Waals surface area contributed by atoms with Crippen LogP contribution in [0.25, 0.3) is 0 Å². The van der Waals surface area contributed by atoms with Crippen LogP contribution in [0.15, 0.2) is 18.2 Å². The first-order valence-corrected chi connectivity index (χ1v) is 10.8. The number of hydrogen-bond donors (Lipinski definition) is 3. The summed E-state index contributed by atoms with van der Waals surface area (Å²) in [4.78, 5) is 38.0. The van der Waals surface area contributed by atoms with Crippen molar-refractivity contribution in [3.05, 3.63) is 34.9 Å². The summed E-state index contributed by atoms with van der Waals surface area (Å²) in [5.74, 6) is 0.121. The van der Waals surface area contributed by atoms with E-state index >= 15 is 0 Å². The number of amides is 3. The molecule has 8 nitrogen and oxygen atoms in total. The van der Waals surface area contributed by atoms with Crippen LogP contribution in [0.1, 0.15) is 47.2 Å². The fraction of sp³-hybridized carbons (Fsp3) is 0.591. The third kappa shape index (κ3) is 3.53. The van der Waals surface area contributed by atoms with Gasteiger partial charge in [-0.15, -0.1) is 0 Å². The molecular formula is C22H28N4O4. The van der Waals surface area contributed by atoms with Gasteiger partial charge in [0.15, 0.2) is 0 Å². The summed E-state index contributed by atoms with van der Waals surface area (Å²) < 4.78 is 5.73. The van der Waals surface area contributed by atoms with E-state index in [1.807, 2.05) is 12.1 Å². The van der Waals surface area contributed by atoms with E-state index in [9.17, 15) is 14.4 Å². The molecule has 1 aromatic rings. The number of carbonyl (C=O) groups is 3. The molecule has 4 N–H and O–H groups in total. The average Bonchev–Trinajstić information content (AvgIpc) is 3.02. The van der Waals surface area contributed by atoms with Crippen molar-refractivity contribution in [2.24, 2.45) is 17.6 Å². The SMILES string of the molecule is NC1CC2COCC(C1)C2NCc1ccc2c(c1)CN(C1CCC(=O)NC1=O)C2=O. The van der Waals surface area contributed by atoms with Crippen molar-refractivity contribution in [1.82, 2.24) is 15.5 Å². The summed E-state index contributed by atoms with van der Waals surface area (Å²) in [6.07, 6.45) is 2.64. The highest BCUT2D eigenvalue weighted by molar-refractivity contribution is 6.05. The number of imide groups is 1. The molecule has 0 spiro atoms. The van der Waals surface area contributed by atoms with E-state index in [0.29, 0.717) is 36.4 Å². The van der Waals surface area contributed by atoms with Gasteiger partial charge in [-0.25, -0.2) is 0 Å². The van der Waals surface area contributed by atoms with E-state index < -0.39 is 6.04 Å². The summed E-state index contributed by atoms with van der Waals surface area (Å²) in [5.41, 5.74) is 8.91. The Morgan fingerprint density at radius 3 is 2.67 bits per heavy atom. The third-order valence-corrected chi connectivity index (χ3v) is 7.02. The van der Waals surface area contributed by atoms with Crippen LogP contribution in [-0.4, -0.2) is 54.0 Å². The molecule has 2 bridgehead atoms. The van der Waals surface area contributed by atoms with Gasteiger partial charge in [-0.05, 0) is 48.3 Å². The summed E-state index contributed by atoms with van der Waals surface area (Å²) in [7, 11) is 0. The number of benzene rings is 1. The van der Waals surface area contributed by atoms with E-state index in [1.165, 1.54) is 0 Å². The second-order valence-electron chi connectivity index (χ2n) is 9.09. The lowest BCUT2D eigenvalue weighted by Crippen LogP contribution is -2.55. The third-order valence-electron chi connectivity index (χ3n) is 7.02. The molecule has 0 radical (unpaired) electrons. The van der Waals surface area contributed by atoms with Crippen LogP contribution in [0.4, 0.5) is 0 Å². The van der Waals surface area contributed by atoms with Crippen molar-refractivity contribution in [2.75, 3.05) is 13.2 Å². The molecule has 30 heavy (non-hydrogen) atoms. The number of rotatable bonds is 4. The van der Waals surface area contributed by atoms with Crippen LogP contribution in [0.3, 0.4) is 0 Å². The van der Waals surface area contributed by atoms with E-state index in [1.54, 1.807) is 4.90 Å². The van der Waals surface area contributed by atoms with Crippen molar-refractivity contribution in [3.63, 3.8) is 0 Å². The second-order valence-corrected chi connectivity index (χ2v) is 9.09. The molecular weight excluding hydrogens is 384 g/mol. The molecule has 160 valence electrons. The lowest BCUT2D eigenvalue weighted by Gasteiger charge is -2.45. The summed E-state index contributed by atoms with van der Waals surface area (Å²) in [6.45, 7) is 2.67. The predicted octanol–water partition coefficient (Wildman–Crippen LogP) is 0.290. The van der Waals surface area contributed by atoms with Gasteiger partial charge in [-0.1, -0.05) is 12.1 Å². The largest absolute Gasteiger partial charge is 0.381 e. The zero-order chi connectivity index (χ0) is 20.8. The molecule has 3 atom stereocenters. The number of carbonyl (C=O) groups excluding carboxylic acids is 3. The Bertz CT molecular complexity index is 874. The Hall–Kier alpha value is -2.29. The summed E-state index contributed by atoms with van der Waals surface area (Å²) >= 11 is 0. The minimum absolute atomic E-state index is 0.132. The van der Waals surface area contributed by atoms with E-state index in [4.69, 9.17) is 10.5 Å². The minimum atomic E-state index is -0.574. The van der Waals surface area contributed by atoms with Gasteiger partial charge in [0.1, 0.15) is 6.04 Å². The maximum atomic E-state index is 12.8. The highest BCUT2D eigenvalue weighted by Crippen LogP contribution is 2.34. The van der Waals surface area contributed by atoms with Gasteiger partial charge < -0.3 is 20.7 Å². The van der Waals surface area contributed by atoms with Crippen LogP contribution in [0.2, 0.25) is 0 Å². The Labute approximate surface area is 175 Å². The number of nitrogens with one attached hydrogen (secondary N) is 2. The Balaban J connectivity index is 1.26. The number of fused-ring (bicyclic) bond motifs is 3. The smallest absolute Gasteiger partial charge is 0.255 e. The van der Waals surface area contributed by atoms with Crippen LogP contribution >= 0.6 is 0 Å². The first kappa shape index (κ1) is 19.7. The summed E-state index contributed by atoms with van der Waals surface area (Å²) in [6, 6.07) is 6.02. The second kappa shape index (κ2) is 7.76. The molecule has 8 heteroatoms. The van der Waals surface area contributed by atoms with E-state index in [-0.39, 0.29) is 30.2 Å². The van der Waals surface area contributed by atoms with Gasteiger partial charge in [-0.2, -0.15) is 0 Å². The predicted molar refractivity (Wildman–Crippen MR) is 108 cm³/mol. The lowest BCUT2D eigenvalue weighted by molar-refractivity contribution is -0.136.